The number of hydrogen-bond donors (Lipinski definition) is 3. The van der Waals surface area contributed by atoms with Crippen LogP contribution in [0.3, 0.4) is 0 Å². The number of rotatable bonds is 69. The van der Waals surface area contributed by atoms with Gasteiger partial charge in [-0.25, -0.2) is 9.13 Å². The summed E-state index contributed by atoms with van der Waals surface area (Å²) in [4.78, 5) is 72.8. The largest absolute Gasteiger partial charge is 0.472 e. The van der Waals surface area contributed by atoms with Gasteiger partial charge >= 0.3 is 39.5 Å². The van der Waals surface area contributed by atoms with Gasteiger partial charge in [0.15, 0.2) is 12.2 Å². The second-order valence-corrected chi connectivity index (χ2v) is 27.4. The van der Waals surface area contributed by atoms with Crippen molar-refractivity contribution < 1.29 is 80.2 Å². The Morgan fingerprint density at radius 2 is 0.569 bits per heavy atom. The van der Waals surface area contributed by atoms with E-state index < -0.39 is 97.5 Å². The van der Waals surface area contributed by atoms with E-state index in [0.717, 1.165) is 148 Å². The molecule has 102 heavy (non-hydrogen) atoms. The number of allylic oxidation sites excluding steroid dienone is 29. The summed E-state index contributed by atoms with van der Waals surface area (Å²) < 4.78 is 68.2. The Bertz CT molecular complexity index is 2650. The molecule has 0 saturated carbocycles. The van der Waals surface area contributed by atoms with Crippen molar-refractivity contribution in [2.75, 3.05) is 39.6 Å². The minimum Gasteiger partial charge on any atom is -0.462 e. The van der Waals surface area contributed by atoms with Crippen LogP contribution in [0.15, 0.2) is 182 Å². The van der Waals surface area contributed by atoms with Gasteiger partial charge in [-0.1, -0.05) is 268 Å². The molecule has 17 nitrogen and oxygen atoms in total. The van der Waals surface area contributed by atoms with Crippen LogP contribution in [0.4, 0.5) is 0 Å². The Labute approximate surface area is 615 Å². The van der Waals surface area contributed by atoms with Crippen molar-refractivity contribution in [2.24, 2.45) is 0 Å². The summed E-state index contributed by atoms with van der Waals surface area (Å²) in [6.07, 6.45) is 87.9. The number of ether oxygens (including phenoxy) is 4. The predicted octanol–water partition coefficient (Wildman–Crippen LogP) is 22.0. The molecule has 0 bridgehead atoms. The third-order valence-electron chi connectivity index (χ3n) is 14.9. The first-order valence-corrected chi connectivity index (χ1v) is 41.0. The average Bonchev–Trinajstić information content (AvgIpc) is 0.924. The highest BCUT2D eigenvalue weighted by Crippen LogP contribution is 2.45. The Kier molecular flexibility index (Phi) is 69.3. The summed E-state index contributed by atoms with van der Waals surface area (Å²) in [6, 6.07) is 0. The zero-order chi connectivity index (χ0) is 74.6. The topological polar surface area (TPSA) is 237 Å². The number of esters is 4. The maximum Gasteiger partial charge on any atom is 0.472 e. The molecule has 19 heteroatoms. The summed E-state index contributed by atoms with van der Waals surface area (Å²) in [7, 11) is -10.0. The molecule has 5 atom stereocenters. The standard InChI is InChI=1S/C83H132O17P2/c1-5-9-13-17-21-25-29-33-36-37-38-39-42-45-48-52-56-60-64-68-81(86)94-74-79(100-83(88)70-66-62-58-54-50-46-41-35-31-27-23-19-15-11-7-3)76-98-102(91,92)96-72-77(84)71-95-101(89,90)97-75-78(99-82(87)69-65-61-57-53-49-43-32-28-24-20-16-12-8-4)73-93-80(85)67-63-59-55-51-47-44-40-34-30-26-22-18-14-10-6-2/h9-11,13-15,21-23,25-28,32-36,38-41,45,47-48,51,56,59-60,63,77-79,84H,5-8,12,16-20,24,29-31,37,42-44,46,49-50,52-55,57-58,61-62,64-76H2,1-4H3,(H,89,90)(H,91,92)/b13-9-,14-10-,15-11-,25-21-,26-22-,27-23-,32-28-,36-33-,39-38-,40-34-,41-35-,48-45-,51-47-,60-56-,63-59-. The number of aliphatic hydroxyl groups excluding tert-OH is 1. The van der Waals surface area contributed by atoms with Crippen LogP contribution in [0.1, 0.15) is 259 Å². The lowest BCUT2D eigenvalue weighted by Crippen LogP contribution is -2.30. The van der Waals surface area contributed by atoms with E-state index in [1.165, 1.54) is 25.7 Å². The molecule has 0 spiro atoms. The van der Waals surface area contributed by atoms with Gasteiger partial charge in [0.25, 0.3) is 0 Å². The molecule has 0 aromatic rings. The van der Waals surface area contributed by atoms with Crippen molar-refractivity contribution in [1.29, 1.82) is 0 Å². The lowest BCUT2D eigenvalue weighted by atomic mass is 10.1. The monoisotopic (exact) mass is 1460 g/mol. The van der Waals surface area contributed by atoms with Gasteiger partial charge in [0.2, 0.25) is 0 Å². The van der Waals surface area contributed by atoms with Crippen LogP contribution in [0.2, 0.25) is 0 Å². The molecule has 3 N–H and O–H groups in total. The first-order valence-electron chi connectivity index (χ1n) is 38.0. The normalized spacial score (nSPS) is 14.9. The molecule has 0 heterocycles. The first-order chi connectivity index (χ1) is 49.7. The Hall–Kier alpha value is -5.84. The van der Waals surface area contributed by atoms with Gasteiger partial charge in [-0.3, -0.25) is 37.3 Å². The molecule has 0 fully saturated rings. The SMILES string of the molecule is CC/C=C\C/C=C\C/C=C\C/C=C\C/C=C\C/C=C\CCC(=O)OCC(COP(=O)(O)OCC(O)COP(=O)(O)OCC(COC(=O)C/C=C\C/C=C\C/C=C\C/C=C\C/C=C\CC)OC(=O)CCCCCCC/C=C\CCCCCC)OC(=O)CCCCCCC/C=C\C/C=C\C/C=C\CC. The highest BCUT2D eigenvalue weighted by Gasteiger charge is 2.30. The van der Waals surface area contributed by atoms with Crippen molar-refractivity contribution in [3.05, 3.63) is 182 Å². The number of carbonyl (C=O) groups excluding carboxylic acids is 4. The molecule has 5 unspecified atom stereocenters. The molecule has 0 aliphatic heterocycles. The number of unbranched alkanes of at least 4 members (excludes halogenated alkanes) is 14. The van der Waals surface area contributed by atoms with E-state index in [1.807, 2.05) is 36.5 Å². The first kappa shape index (κ1) is 96.2. The third kappa shape index (κ3) is 72.5. The zero-order valence-electron chi connectivity index (χ0n) is 62.7. The second-order valence-electron chi connectivity index (χ2n) is 24.5. The van der Waals surface area contributed by atoms with Gasteiger partial charge in [0, 0.05) is 19.3 Å². The summed E-state index contributed by atoms with van der Waals surface area (Å²) in [5.74, 6) is -2.47. The summed E-state index contributed by atoms with van der Waals surface area (Å²) >= 11 is 0. The number of phosphoric ester groups is 2. The van der Waals surface area contributed by atoms with Gasteiger partial charge in [0.1, 0.15) is 19.3 Å². The highest BCUT2D eigenvalue weighted by atomic mass is 31.2. The second kappa shape index (κ2) is 73.5. The number of carbonyl (C=O) groups is 4. The van der Waals surface area contributed by atoms with Crippen LogP contribution in [-0.2, 0) is 65.4 Å². The van der Waals surface area contributed by atoms with E-state index in [-0.39, 0.29) is 25.7 Å². The molecule has 0 aliphatic rings. The Morgan fingerprint density at radius 1 is 0.294 bits per heavy atom. The molecule has 0 rings (SSSR count). The smallest absolute Gasteiger partial charge is 0.462 e. The van der Waals surface area contributed by atoms with Crippen LogP contribution in [-0.4, -0.2) is 96.7 Å². The summed E-state index contributed by atoms with van der Waals surface area (Å²) in [5.41, 5.74) is 0. The van der Waals surface area contributed by atoms with Crippen molar-refractivity contribution in [1.82, 2.24) is 0 Å². The number of phosphoric acid groups is 2. The highest BCUT2D eigenvalue weighted by molar-refractivity contribution is 7.47. The van der Waals surface area contributed by atoms with E-state index in [0.29, 0.717) is 32.1 Å². The van der Waals surface area contributed by atoms with Gasteiger partial charge in [0.05, 0.1) is 32.8 Å². The molecule has 0 aliphatic carbocycles. The summed E-state index contributed by atoms with van der Waals surface area (Å²) in [5, 5.41) is 10.6. The quantitative estimate of drug-likeness (QED) is 0.0169. The molecule has 0 saturated heterocycles. The van der Waals surface area contributed by atoms with Crippen molar-refractivity contribution in [3.8, 4) is 0 Å². The van der Waals surface area contributed by atoms with Crippen molar-refractivity contribution in [3.63, 3.8) is 0 Å². The molecular weight excluding hydrogens is 1330 g/mol. The Balaban J connectivity index is 5.52. The number of aliphatic hydroxyl groups is 1. The van der Waals surface area contributed by atoms with Crippen LogP contribution in [0.25, 0.3) is 0 Å². The van der Waals surface area contributed by atoms with Crippen LogP contribution < -0.4 is 0 Å². The molecule has 0 amide bonds. The van der Waals surface area contributed by atoms with Gasteiger partial charge in [-0.05, 0) is 148 Å². The maximum atomic E-state index is 13.1. The summed E-state index contributed by atoms with van der Waals surface area (Å²) in [6.45, 7) is 4.25. The lowest BCUT2D eigenvalue weighted by molar-refractivity contribution is -0.161. The molecule has 576 valence electrons. The molecule has 0 aromatic carbocycles. The molecule has 0 radical (unpaired) electrons. The van der Waals surface area contributed by atoms with E-state index >= 15 is 0 Å². The van der Waals surface area contributed by atoms with Crippen LogP contribution in [0.5, 0.6) is 0 Å². The van der Waals surface area contributed by atoms with Gasteiger partial charge < -0.3 is 33.8 Å². The average molecular weight is 1460 g/mol. The number of hydrogen-bond acceptors (Lipinski definition) is 15. The fourth-order valence-corrected chi connectivity index (χ4v) is 10.8. The maximum absolute atomic E-state index is 13.1. The van der Waals surface area contributed by atoms with E-state index in [4.69, 9.17) is 37.0 Å². The molecule has 0 aromatic heterocycles. The van der Waals surface area contributed by atoms with E-state index in [2.05, 4.69) is 167 Å². The minimum atomic E-state index is -5.01. The lowest BCUT2D eigenvalue weighted by Gasteiger charge is -2.21. The van der Waals surface area contributed by atoms with Gasteiger partial charge in [-0.2, -0.15) is 0 Å². The van der Waals surface area contributed by atoms with Crippen LogP contribution >= 0.6 is 15.6 Å². The Morgan fingerprint density at radius 3 is 0.922 bits per heavy atom. The zero-order valence-corrected chi connectivity index (χ0v) is 64.5. The van der Waals surface area contributed by atoms with E-state index in [9.17, 15) is 43.2 Å². The third-order valence-corrected chi connectivity index (χ3v) is 16.8. The van der Waals surface area contributed by atoms with E-state index in [1.54, 1.807) is 6.08 Å². The fourth-order valence-electron chi connectivity index (χ4n) is 9.21. The van der Waals surface area contributed by atoms with Crippen molar-refractivity contribution in [2.45, 2.75) is 277 Å². The predicted molar refractivity (Wildman–Crippen MR) is 417 cm³/mol. The minimum absolute atomic E-state index is 0.0233. The fraction of sp³-hybridized carbons (Fsp3) is 0.590. The molecular formula is C83H132O17P2. The van der Waals surface area contributed by atoms with Gasteiger partial charge in [-0.15, -0.1) is 0 Å². The van der Waals surface area contributed by atoms with Crippen LogP contribution in [0, 0.1) is 0 Å². The van der Waals surface area contributed by atoms with Crippen molar-refractivity contribution >= 4 is 39.5 Å².